The summed E-state index contributed by atoms with van der Waals surface area (Å²) in [6, 6.07) is -0.159. The maximum atomic E-state index is 13.0. The third-order valence-corrected chi connectivity index (χ3v) is 5.78. The Labute approximate surface area is 173 Å². The predicted octanol–water partition coefficient (Wildman–Crippen LogP) is 2.66. The van der Waals surface area contributed by atoms with E-state index in [1.165, 1.54) is 0 Å². The van der Waals surface area contributed by atoms with Gasteiger partial charge in [-0.1, -0.05) is 34.6 Å². The standard InChI is InChI=1S/C21H38N2O6/c1-12(2)22-17(28)14(11-16(26)27)20(6,7)21(8,9)23-18(29)13(10-15(24)25)19(3,4)5/h12-14H,10-11H2,1-9H3,(H,22,28)(H,23,29)(H,24,25)(H,26,27). The Morgan fingerprint density at radius 1 is 0.759 bits per heavy atom. The number of amides is 2. The second-order valence-corrected chi connectivity index (χ2v) is 10.2. The quantitative estimate of drug-likeness (QED) is 0.434. The Hall–Kier alpha value is -2.12. The van der Waals surface area contributed by atoms with E-state index in [0.717, 1.165) is 0 Å². The number of rotatable bonds is 10. The predicted molar refractivity (Wildman–Crippen MR) is 110 cm³/mol. The van der Waals surface area contributed by atoms with Crippen LogP contribution in [0.3, 0.4) is 0 Å². The fourth-order valence-electron chi connectivity index (χ4n) is 3.19. The summed E-state index contributed by atoms with van der Waals surface area (Å²) in [6.07, 6.45) is -0.707. The molecule has 0 bridgehead atoms. The molecule has 0 aliphatic heterocycles. The summed E-state index contributed by atoms with van der Waals surface area (Å²) >= 11 is 0. The highest BCUT2D eigenvalue weighted by molar-refractivity contribution is 5.86. The van der Waals surface area contributed by atoms with Crippen LogP contribution in [0.1, 0.15) is 75.2 Å². The number of nitrogens with one attached hydrogen (secondary N) is 2. The Morgan fingerprint density at radius 3 is 1.52 bits per heavy atom. The number of carbonyl (C=O) groups excluding carboxylic acids is 2. The van der Waals surface area contributed by atoms with Gasteiger partial charge in [-0.05, 0) is 38.5 Å². The van der Waals surface area contributed by atoms with Crippen LogP contribution >= 0.6 is 0 Å². The van der Waals surface area contributed by atoms with E-state index in [2.05, 4.69) is 10.6 Å². The molecule has 0 aliphatic rings. The van der Waals surface area contributed by atoms with Gasteiger partial charge in [0.2, 0.25) is 11.8 Å². The van der Waals surface area contributed by atoms with Crippen LogP contribution in [0.5, 0.6) is 0 Å². The summed E-state index contributed by atoms with van der Waals surface area (Å²) in [5, 5.41) is 24.2. The van der Waals surface area contributed by atoms with Crippen LogP contribution in [-0.4, -0.2) is 45.5 Å². The first-order valence-electron chi connectivity index (χ1n) is 9.89. The van der Waals surface area contributed by atoms with Crippen molar-refractivity contribution in [3.05, 3.63) is 0 Å². The van der Waals surface area contributed by atoms with E-state index in [-0.39, 0.29) is 18.9 Å². The summed E-state index contributed by atoms with van der Waals surface area (Å²) in [7, 11) is 0. The normalized spacial score (nSPS) is 14.8. The lowest BCUT2D eigenvalue weighted by molar-refractivity contribution is -0.148. The molecule has 2 atom stereocenters. The number of carboxylic acids is 2. The number of hydrogen-bond donors (Lipinski definition) is 4. The molecule has 0 aromatic heterocycles. The van der Waals surface area contributed by atoms with E-state index < -0.39 is 52.0 Å². The first kappa shape index (κ1) is 26.9. The van der Waals surface area contributed by atoms with Gasteiger partial charge in [0.05, 0.1) is 24.7 Å². The molecule has 0 heterocycles. The molecule has 4 N–H and O–H groups in total. The van der Waals surface area contributed by atoms with E-state index in [0.29, 0.717) is 0 Å². The molecular formula is C21H38N2O6. The summed E-state index contributed by atoms with van der Waals surface area (Å²) in [6.45, 7) is 15.9. The maximum absolute atomic E-state index is 13.0. The van der Waals surface area contributed by atoms with Gasteiger partial charge in [0.1, 0.15) is 0 Å². The van der Waals surface area contributed by atoms with Crippen molar-refractivity contribution in [3.63, 3.8) is 0 Å². The van der Waals surface area contributed by atoms with E-state index in [4.69, 9.17) is 0 Å². The molecule has 0 fully saturated rings. The van der Waals surface area contributed by atoms with Crippen molar-refractivity contribution < 1.29 is 29.4 Å². The molecule has 0 aliphatic carbocycles. The number of carbonyl (C=O) groups is 4. The van der Waals surface area contributed by atoms with Crippen LogP contribution in [0.4, 0.5) is 0 Å². The summed E-state index contributed by atoms with van der Waals surface area (Å²) in [5.41, 5.74) is -2.51. The van der Waals surface area contributed by atoms with Gasteiger partial charge in [-0.3, -0.25) is 19.2 Å². The first-order valence-corrected chi connectivity index (χ1v) is 9.89. The molecule has 0 aromatic rings. The molecule has 2 amide bonds. The van der Waals surface area contributed by atoms with Crippen molar-refractivity contribution in [2.75, 3.05) is 0 Å². The van der Waals surface area contributed by atoms with Gasteiger partial charge < -0.3 is 20.8 Å². The Balaban J connectivity index is 5.88. The molecule has 8 heteroatoms. The minimum Gasteiger partial charge on any atom is -0.481 e. The van der Waals surface area contributed by atoms with Gasteiger partial charge >= 0.3 is 11.9 Å². The SMILES string of the molecule is CC(C)NC(=O)C(CC(=O)O)C(C)(C)C(C)(C)NC(=O)C(CC(=O)O)C(C)(C)C. The van der Waals surface area contributed by atoms with E-state index in [1.807, 2.05) is 0 Å². The first-order chi connectivity index (χ1) is 12.8. The van der Waals surface area contributed by atoms with Crippen molar-refractivity contribution >= 4 is 23.8 Å². The smallest absolute Gasteiger partial charge is 0.304 e. The van der Waals surface area contributed by atoms with Crippen molar-refractivity contribution in [1.29, 1.82) is 0 Å². The highest BCUT2D eigenvalue weighted by Gasteiger charge is 2.49. The van der Waals surface area contributed by atoms with Gasteiger partial charge in [0.25, 0.3) is 0 Å². The lowest BCUT2D eigenvalue weighted by atomic mass is 9.64. The van der Waals surface area contributed by atoms with Crippen molar-refractivity contribution in [2.45, 2.75) is 86.7 Å². The van der Waals surface area contributed by atoms with Gasteiger partial charge in [0.15, 0.2) is 0 Å². The van der Waals surface area contributed by atoms with Gasteiger partial charge in [-0.2, -0.15) is 0 Å². The third kappa shape index (κ3) is 7.66. The molecule has 0 rings (SSSR count). The largest absolute Gasteiger partial charge is 0.481 e. The van der Waals surface area contributed by atoms with E-state index >= 15 is 0 Å². The molecule has 29 heavy (non-hydrogen) atoms. The van der Waals surface area contributed by atoms with Gasteiger partial charge in [-0.15, -0.1) is 0 Å². The van der Waals surface area contributed by atoms with Crippen LogP contribution in [-0.2, 0) is 19.2 Å². The summed E-state index contributed by atoms with van der Waals surface area (Å²) in [5.74, 6) is -4.69. The Morgan fingerprint density at radius 2 is 1.17 bits per heavy atom. The zero-order valence-corrected chi connectivity index (χ0v) is 19.2. The molecule has 0 aromatic carbocycles. The second kappa shape index (κ2) is 9.59. The average Bonchev–Trinajstić information content (AvgIpc) is 2.47. The third-order valence-electron chi connectivity index (χ3n) is 5.78. The number of carboxylic acid groups (broad SMARTS) is 2. The zero-order chi connectivity index (χ0) is 23.4. The van der Waals surface area contributed by atoms with E-state index in [9.17, 15) is 29.4 Å². The average molecular weight is 415 g/mol. The summed E-state index contributed by atoms with van der Waals surface area (Å²) < 4.78 is 0. The highest BCUT2D eigenvalue weighted by atomic mass is 16.4. The Bertz CT molecular complexity index is 632. The fraction of sp³-hybridized carbons (Fsp3) is 0.810. The second-order valence-electron chi connectivity index (χ2n) is 10.2. The molecule has 0 radical (unpaired) electrons. The molecule has 0 saturated carbocycles. The molecule has 0 spiro atoms. The van der Waals surface area contributed by atoms with Gasteiger partial charge in [-0.25, -0.2) is 0 Å². The van der Waals surface area contributed by atoms with Crippen LogP contribution < -0.4 is 10.6 Å². The molecule has 0 saturated heterocycles. The fourth-order valence-corrected chi connectivity index (χ4v) is 3.19. The molecule has 168 valence electrons. The monoisotopic (exact) mass is 414 g/mol. The van der Waals surface area contributed by atoms with Crippen LogP contribution in [0.2, 0.25) is 0 Å². The number of hydrogen-bond acceptors (Lipinski definition) is 4. The lowest BCUT2D eigenvalue weighted by Gasteiger charge is -2.47. The minimum absolute atomic E-state index is 0.159. The molecular weight excluding hydrogens is 376 g/mol. The maximum Gasteiger partial charge on any atom is 0.304 e. The van der Waals surface area contributed by atoms with Crippen LogP contribution in [0, 0.1) is 22.7 Å². The van der Waals surface area contributed by atoms with Crippen LogP contribution in [0.25, 0.3) is 0 Å². The molecule has 2 unspecified atom stereocenters. The van der Waals surface area contributed by atoms with E-state index in [1.54, 1.807) is 62.3 Å². The van der Waals surface area contributed by atoms with Crippen molar-refractivity contribution in [2.24, 2.45) is 22.7 Å². The highest BCUT2D eigenvalue weighted by Crippen LogP contribution is 2.41. The lowest BCUT2D eigenvalue weighted by Crippen LogP contribution is -2.61. The zero-order valence-electron chi connectivity index (χ0n) is 19.2. The van der Waals surface area contributed by atoms with Gasteiger partial charge in [0, 0.05) is 11.6 Å². The topological polar surface area (TPSA) is 133 Å². The minimum atomic E-state index is -1.11. The number of aliphatic carboxylic acids is 2. The van der Waals surface area contributed by atoms with Crippen LogP contribution in [0.15, 0.2) is 0 Å². The Kier molecular flexibility index (Phi) is 8.89. The van der Waals surface area contributed by atoms with Crippen molar-refractivity contribution in [1.82, 2.24) is 10.6 Å². The molecule has 8 nitrogen and oxygen atoms in total. The summed E-state index contributed by atoms with van der Waals surface area (Å²) in [4.78, 5) is 48.4. The van der Waals surface area contributed by atoms with Crippen molar-refractivity contribution in [3.8, 4) is 0 Å².